The number of piperidine rings is 1. The normalized spacial score (nSPS) is 21.0. The summed E-state index contributed by atoms with van der Waals surface area (Å²) < 4.78 is 0. The third-order valence-corrected chi connectivity index (χ3v) is 4.56. The van der Waals surface area contributed by atoms with Crippen molar-refractivity contribution in [3.63, 3.8) is 0 Å². The molecule has 0 spiro atoms. The van der Waals surface area contributed by atoms with Crippen LogP contribution in [0.1, 0.15) is 25.7 Å². The van der Waals surface area contributed by atoms with Crippen LogP contribution in [0.4, 0.5) is 5.69 Å². The average Bonchev–Trinajstić information content (AvgIpc) is 2.98. The minimum atomic E-state index is -0.474. The molecule has 23 heavy (non-hydrogen) atoms. The van der Waals surface area contributed by atoms with E-state index in [1.54, 1.807) is 17.1 Å². The Morgan fingerprint density at radius 2 is 2.13 bits per heavy atom. The summed E-state index contributed by atoms with van der Waals surface area (Å²) >= 11 is 11.9. The first-order valence-corrected chi connectivity index (χ1v) is 8.19. The highest BCUT2D eigenvalue weighted by atomic mass is 35.5. The van der Waals surface area contributed by atoms with Crippen molar-refractivity contribution in [3.05, 3.63) is 28.2 Å². The van der Waals surface area contributed by atoms with E-state index < -0.39 is 6.04 Å². The van der Waals surface area contributed by atoms with Crippen LogP contribution in [0.5, 0.6) is 0 Å². The van der Waals surface area contributed by atoms with Crippen molar-refractivity contribution in [3.8, 4) is 0 Å². The first-order valence-electron chi connectivity index (χ1n) is 7.43. The summed E-state index contributed by atoms with van der Waals surface area (Å²) in [6.45, 7) is 0.643. The molecule has 0 radical (unpaired) electrons. The van der Waals surface area contributed by atoms with Crippen LogP contribution in [0.3, 0.4) is 0 Å². The summed E-state index contributed by atoms with van der Waals surface area (Å²) in [5.41, 5.74) is 0.814. The Balaban J connectivity index is 1.64. The maximum atomic E-state index is 12.2. The van der Waals surface area contributed by atoms with Crippen molar-refractivity contribution in [2.45, 2.75) is 31.7 Å². The number of halogens is 2. The molecule has 2 amide bonds. The lowest BCUT2D eigenvalue weighted by Crippen LogP contribution is -2.50. The summed E-state index contributed by atoms with van der Waals surface area (Å²) in [6, 6.07) is 4.80. The molecular weight excluding hydrogens is 339 g/mol. The molecule has 0 saturated carbocycles. The van der Waals surface area contributed by atoms with Crippen LogP contribution in [0.2, 0.25) is 10.0 Å². The van der Waals surface area contributed by atoms with E-state index in [9.17, 15) is 9.59 Å². The number of anilines is 1. The van der Waals surface area contributed by atoms with Crippen molar-refractivity contribution < 1.29 is 9.59 Å². The highest BCUT2D eigenvalue weighted by Crippen LogP contribution is 2.28. The zero-order valence-corrected chi connectivity index (χ0v) is 13.8. The number of carbonyl (C=O) groups excluding carboxylic acids is 2. The molecule has 1 fully saturated rings. The Hall–Kier alpha value is -1.79. The maximum absolute atomic E-state index is 12.2. The molecule has 6 nitrogen and oxygen atoms in total. The molecule has 122 valence electrons. The minimum absolute atomic E-state index is 0.0813. The number of rotatable bonds is 2. The third kappa shape index (κ3) is 3.76. The average molecular weight is 355 g/mol. The lowest BCUT2D eigenvalue weighted by molar-refractivity contribution is -0.130. The summed E-state index contributed by atoms with van der Waals surface area (Å²) in [4.78, 5) is 23.5. The van der Waals surface area contributed by atoms with Gasteiger partial charge in [-0.15, -0.1) is 0 Å². The van der Waals surface area contributed by atoms with E-state index in [2.05, 4.69) is 15.7 Å². The van der Waals surface area contributed by atoms with Gasteiger partial charge in [0.1, 0.15) is 11.9 Å². The number of carbonyl (C=O) groups is 2. The van der Waals surface area contributed by atoms with E-state index in [0.717, 1.165) is 12.1 Å². The maximum Gasteiger partial charge on any atom is 0.247 e. The van der Waals surface area contributed by atoms with Gasteiger partial charge in [-0.1, -0.05) is 23.2 Å². The molecule has 0 aromatic heterocycles. The molecular formula is C15H16Cl2N4O2. The van der Waals surface area contributed by atoms with E-state index in [1.165, 1.54) is 0 Å². The zero-order chi connectivity index (χ0) is 16.4. The monoisotopic (exact) mass is 354 g/mol. The van der Waals surface area contributed by atoms with E-state index >= 15 is 0 Å². The molecule has 2 aliphatic heterocycles. The van der Waals surface area contributed by atoms with Gasteiger partial charge in [-0.05, 0) is 31.0 Å². The number of nitrogens with zero attached hydrogens (tertiary/aromatic N) is 2. The summed E-state index contributed by atoms with van der Waals surface area (Å²) in [7, 11) is 0. The number of hydrogen-bond acceptors (Lipinski definition) is 4. The second-order valence-electron chi connectivity index (χ2n) is 5.52. The molecule has 0 aliphatic carbocycles. The van der Waals surface area contributed by atoms with Crippen molar-refractivity contribution in [1.29, 1.82) is 0 Å². The van der Waals surface area contributed by atoms with E-state index in [-0.39, 0.29) is 11.8 Å². The van der Waals surface area contributed by atoms with Gasteiger partial charge in [-0.2, -0.15) is 5.10 Å². The fraction of sp³-hybridized carbons (Fsp3) is 0.400. The van der Waals surface area contributed by atoms with Crippen LogP contribution in [0.25, 0.3) is 0 Å². The fourth-order valence-electron chi connectivity index (χ4n) is 2.61. The second kappa shape index (κ2) is 6.76. The van der Waals surface area contributed by atoms with Gasteiger partial charge in [0.2, 0.25) is 11.8 Å². The van der Waals surface area contributed by atoms with Crippen LogP contribution < -0.4 is 15.6 Å². The molecule has 1 atom stereocenters. The summed E-state index contributed by atoms with van der Waals surface area (Å²) in [5, 5.41) is 12.6. The Kier molecular flexibility index (Phi) is 4.73. The predicted molar refractivity (Wildman–Crippen MR) is 89.8 cm³/mol. The van der Waals surface area contributed by atoms with Crippen LogP contribution in [-0.4, -0.2) is 30.2 Å². The van der Waals surface area contributed by atoms with Crippen molar-refractivity contribution in [2.75, 3.05) is 11.6 Å². The highest BCUT2D eigenvalue weighted by molar-refractivity contribution is 6.42. The molecule has 1 aromatic carbocycles. The number of benzene rings is 1. The number of amides is 2. The van der Waals surface area contributed by atoms with E-state index in [4.69, 9.17) is 23.2 Å². The molecule has 8 heteroatoms. The molecule has 2 N–H and O–H groups in total. The van der Waals surface area contributed by atoms with Crippen molar-refractivity contribution in [1.82, 2.24) is 10.6 Å². The molecule has 0 bridgehead atoms. The molecule has 3 rings (SSSR count). The number of amidine groups is 1. The van der Waals surface area contributed by atoms with Crippen molar-refractivity contribution >= 4 is 46.5 Å². The Bertz CT molecular complexity index is 677. The van der Waals surface area contributed by atoms with E-state index in [0.29, 0.717) is 41.7 Å². The van der Waals surface area contributed by atoms with Gasteiger partial charge in [-0.25, -0.2) is 0 Å². The Morgan fingerprint density at radius 3 is 2.87 bits per heavy atom. The van der Waals surface area contributed by atoms with Gasteiger partial charge in [0.25, 0.3) is 0 Å². The number of nitrogens with one attached hydrogen (secondary N) is 2. The standard InChI is InChI=1S/C15H16Cl2N4O2/c16-10-5-4-9(8-11(10)17)21-7-6-13(20-21)19-15(23)12-2-1-3-14(22)18-12/h4-5,8,12H,1-3,6-7H2,(H,18,22)(H,19,20,23). The summed E-state index contributed by atoms with van der Waals surface area (Å²) in [5.74, 6) is 0.288. The fourth-order valence-corrected chi connectivity index (χ4v) is 2.90. The van der Waals surface area contributed by atoms with Gasteiger partial charge >= 0.3 is 0 Å². The molecule has 1 unspecified atom stereocenters. The van der Waals surface area contributed by atoms with Gasteiger partial charge in [0, 0.05) is 19.4 Å². The van der Waals surface area contributed by atoms with E-state index in [1.807, 2.05) is 6.07 Å². The van der Waals surface area contributed by atoms with Crippen LogP contribution >= 0.6 is 23.2 Å². The second-order valence-corrected chi connectivity index (χ2v) is 6.33. The lowest BCUT2D eigenvalue weighted by Gasteiger charge is -2.22. The molecule has 1 aromatic rings. The van der Waals surface area contributed by atoms with Crippen LogP contribution in [0.15, 0.2) is 23.3 Å². The first-order chi connectivity index (χ1) is 11.0. The Labute approximate surface area is 143 Å². The van der Waals surface area contributed by atoms with Crippen molar-refractivity contribution in [2.24, 2.45) is 5.10 Å². The molecule has 2 heterocycles. The summed E-state index contributed by atoms with van der Waals surface area (Å²) in [6.07, 6.45) is 2.48. The Morgan fingerprint density at radius 1 is 1.30 bits per heavy atom. The van der Waals surface area contributed by atoms with Crippen LogP contribution in [0, 0.1) is 0 Å². The molecule has 2 aliphatic rings. The third-order valence-electron chi connectivity index (χ3n) is 3.82. The van der Waals surface area contributed by atoms with Gasteiger partial charge < -0.3 is 10.6 Å². The largest absolute Gasteiger partial charge is 0.344 e. The predicted octanol–water partition coefficient (Wildman–Crippen LogP) is 2.30. The number of hydrazone groups is 1. The minimum Gasteiger partial charge on any atom is -0.344 e. The van der Waals surface area contributed by atoms with Gasteiger partial charge in [0.05, 0.1) is 15.7 Å². The smallest absolute Gasteiger partial charge is 0.247 e. The topological polar surface area (TPSA) is 73.8 Å². The SMILES string of the molecule is O=C1CCCC(C(=O)NC2=NN(c3ccc(Cl)c(Cl)c3)CC2)N1. The van der Waals surface area contributed by atoms with Gasteiger partial charge in [-0.3, -0.25) is 14.6 Å². The molecule has 1 saturated heterocycles. The first kappa shape index (κ1) is 16.1. The van der Waals surface area contributed by atoms with Gasteiger partial charge in [0.15, 0.2) is 0 Å². The van der Waals surface area contributed by atoms with Crippen LogP contribution in [-0.2, 0) is 9.59 Å². The lowest BCUT2D eigenvalue weighted by atomic mass is 10.0. The highest BCUT2D eigenvalue weighted by Gasteiger charge is 2.27. The zero-order valence-electron chi connectivity index (χ0n) is 12.3. The number of hydrogen-bond donors (Lipinski definition) is 2. The quantitative estimate of drug-likeness (QED) is 0.855.